The third-order valence-electron chi connectivity index (χ3n) is 3.42. The van der Waals surface area contributed by atoms with Crippen molar-refractivity contribution in [2.24, 2.45) is 4.99 Å². The van der Waals surface area contributed by atoms with Crippen molar-refractivity contribution >= 4 is 17.3 Å². The number of benzene rings is 1. The normalized spacial score (nSPS) is 12.8. The van der Waals surface area contributed by atoms with Crippen LogP contribution in [0.25, 0.3) is 0 Å². The van der Waals surface area contributed by atoms with E-state index in [1.165, 1.54) is 4.88 Å². The lowest BCUT2D eigenvalue weighted by atomic mass is 10.1. The molecule has 2 rings (SSSR count). The van der Waals surface area contributed by atoms with E-state index in [1.54, 1.807) is 25.5 Å². The highest BCUT2D eigenvalue weighted by Gasteiger charge is 2.07. The first-order valence-corrected chi connectivity index (χ1v) is 8.21. The molecule has 2 aromatic rings. The molecular weight excluding hydrogens is 294 g/mol. The van der Waals surface area contributed by atoms with Gasteiger partial charge in [0.25, 0.3) is 0 Å². The number of ether oxygens (including phenoxy) is 1. The second kappa shape index (κ2) is 8.44. The molecule has 1 aromatic heterocycles. The molecule has 4 nitrogen and oxygen atoms in total. The number of guanidine groups is 1. The molecule has 2 N–H and O–H groups in total. The summed E-state index contributed by atoms with van der Waals surface area (Å²) in [7, 11) is 3.47. The number of methoxy groups -OCH3 is 1. The summed E-state index contributed by atoms with van der Waals surface area (Å²) < 4.78 is 5.24. The quantitative estimate of drug-likeness (QED) is 0.635. The van der Waals surface area contributed by atoms with Crippen LogP contribution in [0, 0.1) is 0 Å². The van der Waals surface area contributed by atoms with E-state index in [9.17, 15) is 0 Å². The molecule has 0 aliphatic carbocycles. The van der Waals surface area contributed by atoms with Gasteiger partial charge in [0.05, 0.1) is 7.11 Å². The van der Waals surface area contributed by atoms with Gasteiger partial charge in [0.15, 0.2) is 5.96 Å². The highest BCUT2D eigenvalue weighted by Crippen LogP contribution is 2.19. The van der Waals surface area contributed by atoms with Gasteiger partial charge in [-0.25, -0.2) is 0 Å². The van der Waals surface area contributed by atoms with Crippen molar-refractivity contribution in [2.45, 2.75) is 19.4 Å². The third-order valence-corrected chi connectivity index (χ3v) is 4.53. The average molecular weight is 317 g/mol. The van der Waals surface area contributed by atoms with Crippen LogP contribution in [-0.4, -0.2) is 26.7 Å². The molecule has 0 radical (unpaired) electrons. The molecule has 0 fully saturated rings. The zero-order valence-corrected chi connectivity index (χ0v) is 14.1. The van der Waals surface area contributed by atoms with Crippen LogP contribution in [0.1, 0.15) is 23.3 Å². The maximum Gasteiger partial charge on any atom is 0.191 e. The first-order chi connectivity index (χ1) is 10.7. The van der Waals surface area contributed by atoms with Crippen molar-refractivity contribution < 1.29 is 4.74 Å². The van der Waals surface area contributed by atoms with Crippen molar-refractivity contribution in [1.82, 2.24) is 10.6 Å². The molecule has 0 saturated carbocycles. The second-order valence-corrected chi connectivity index (χ2v) is 6.05. The largest absolute Gasteiger partial charge is 0.497 e. The Morgan fingerprint density at radius 1 is 1.27 bits per heavy atom. The van der Waals surface area contributed by atoms with Gasteiger partial charge in [0.2, 0.25) is 0 Å². The number of nitrogens with one attached hydrogen (secondary N) is 2. The van der Waals surface area contributed by atoms with Crippen LogP contribution in [0.4, 0.5) is 0 Å². The molecule has 0 spiro atoms. The fraction of sp³-hybridized carbons (Fsp3) is 0.353. The summed E-state index contributed by atoms with van der Waals surface area (Å²) in [6.45, 7) is 3.79. The van der Waals surface area contributed by atoms with Crippen LogP contribution < -0.4 is 15.4 Å². The molecule has 0 saturated heterocycles. The molecule has 0 aliphatic heterocycles. The Balaban J connectivity index is 1.82. The van der Waals surface area contributed by atoms with Crippen LogP contribution in [-0.2, 0) is 6.54 Å². The van der Waals surface area contributed by atoms with Crippen LogP contribution >= 0.6 is 11.3 Å². The molecule has 1 aromatic carbocycles. The monoisotopic (exact) mass is 317 g/mol. The Morgan fingerprint density at radius 3 is 2.82 bits per heavy atom. The average Bonchev–Trinajstić information content (AvgIpc) is 3.09. The summed E-state index contributed by atoms with van der Waals surface area (Å²) in [5.74, 6) is 2.15. The van der Waals surface area contributed by atoms with Gasteiger partial charge in [0.1, 0.15) is 5.75 Å². The maximum absolute atomic E-state index is 5.24. The van der Waals surface area contributed by atoms with Gasteiger partial charge in [0, 0.05) is 30.9 Å². The smallest absolute Gasteiger partial charge is 0.191 e. The number of nitrogens with zero attached hydrogens (tertiary/aromatic N) is 1. The van der Waals surface area contributed by atoms with E-state index in [4.69, 9.17) is 4.74 Å². The Bertz CT molecular complexity index is 596. The van der Waals surface area contributed by atoms with Crippen LogP contribution in [0.5, 0.6) is 5.75 Å². The Morgan fingerprint density at radius 2 is 2.14 bits per heavy atom. The van der Waals surface area contributed by atoms with Crippen LogP contribution in [0.2, 0.25) is 0 Å². The van der Waals surface area contributed by atoms with E-state index < -0.39 is 0 Å². The fourth-order valence-corrected chi connectivity index (χ4v) is 2.90. The van der Waals surface area contributed by atoms with Gasteiger partial charge in [-0.1, -0.05) is 25.1 Å². The van der Waals surface area contributed by atoms with E-state index in [2.05, 4.69) is 46.1 Å². The van der Waals surface area contributed by atoms with E-state index in [0.29, 0.717) is 12.5 Å². The molecule has 1 heterocycles. The topological polar surface area (TPSA) is 45.7 Å². The van der Waals surface area contributed by atoms with Crippen molar-refractivity contribution in [3.05, 3.63) is 52.2 Å². The standard InChI is InChI=1S/C17H23N3OS/c1-13(16-8-5-9-22-16)11-19-17(18-2)20-12-14-6-4-7-15(10-14)21-3/h4-10,13H,11-12H2,1-3H3,(H2,18,19,20). The summed E-state index contributed by atoms with van der Waals surface area (Å²) in [5, 5.41) is 8.81. The van der Waals surface area contributed by atoms with Gasteiger partial charge < -0.3 is 15.4 Å². The summed E-state index contributed by atoms with van der Waals surface area (Å²) in [5.41, 5.74) is 1.16. The minimum Gasteiger partial charge on any atom is -0.497 e. The number of aliphatic imine (C=N–C) groups is 1. The Hall–Kier alpha value is -2.01. The Labute approximate surface area is 136 Å². The number of thiophene rings is 1. The Kier molecular flexibility index (Phi) is 6.27. The summed E-state index contributed by atoms with van der Waals surface area (Å²) >= 11 is 1.79. The van der Waals surface area contributed by atoms with E-state index in [1.807, 2.05) is 18.2 Å². The van der Waals surface area contributed by atoms with Gasteiger partial charge >= 0.3 is 0 Å². The first kappa shape index (κ1) is 16.4. The molecule has 1 unspecified atom stereocenters. The number of hydrogen-bond donors (Lipinski definition) is 2. The van der Waals surface area contributed by atoms with E-state index >= 15 is 0 Å². The predicted molar refractivity (Wildman–Crippen MR) is 93.9 cm³/mol. The summed E-state index contributed by atoms with van der Waals surface area (Å²) in [6, 6.07) is 12.3. The molecule has 0 bridgehead atoms. The molecule has 118 valence electrons. The van der Waals surface area contributed by atoms with Gasteiger partial charge in [-0.15, -0.1) is 11.3 Å². The molecule has 5 heteroatoms. The SMILES string of the molecule is CN=C(NCc1cccc(OC)c1)NCC(C)c1cccs1. The van der Waals surface area contributed by atoms with Crippen molar-refractivity contribution in [2.75, 3.05) is 20.7 Å². The first-order valence-electron chi connectivity index (χ1n) is 7.33. The zero-order valence-electron chi connectivity index (χ0n) is 13.3. The molecule has 1 atom stereocenters. The van der Waals surface area contributed by atoms with Gasteiger partial charge in [-0.3, -0.25) is 4.99 Å². The van der Waals surface area contributed by atoms with Crippen molar-refractivity contribution in [3.63, 3.8) is 0 Å². The zero-order chi connectivity index (χ0) is 15.8. The van der Waals surface area contributed by atoms with Crippen LogP contribution in [0.15, 0.2) is 46.8 Å². The molecule has 22 heavy (non-hydrogen) atoms. The van der Waals surface area contributed by atoms with Crippen LogP contribution in [0.3, 0.4) is 0 Å². The highest BCUT2D eigenvalue weighted by atomic mass is 32.1. The minimum absolute atomic E-state index is 0.468. The summed E-state index contributed by atoms with van der Waals surface area (Å²) in [4.78, 5) is 5.65. The number of hydrogen-bond acceptors (Lipinski definition) is 3. The molecule has 0 amide bonds. The molecular formula is C17H23N3OS. The minimum atomic E-state index is 0.468. The second-order valence-electron chi connectivity index (χ2n) is 5.07. The van der Waals surface area contributed by atoms with Gasteiger partial charge in [-0.05, 0) is 29.1 Å². The lowest BCUT2D eigenvalue weighted by molar-refractivity contribution is 0.414. The van der Waals surface area contributed by atoms with Crippen molar-refractivity contribution in [1.29, 1.82) is 0 Å². The third kappa shape index (κ3) is 4.77. The lowest BCUT2D eigenvalue weighted by Gasteiger charge is -2.15. The predicted octanol–water partition coefficient (Wildman–Crippen LogP) is 3.23. The molecule has 0 aliphatic rings. The van der Waals surface area contributed by atoms with E-state index in [0.717, 1.165) is 23.8 Å². The van der Waals surface area contributed by atoms with Crippen molar-refractivity contribution in [3.8, 4) is 5.75 Å². The highest BCUT2D eigenvalue weighted by molar-refractivity contribution is 7.10. The maximum atomic E-state index is 5.24. The fourth-order valence-electron chi connectivity index (χ4n) is 2.11. The van der Waals surface area contributed by atoms with E-state index in [-0.39, 0.29) is 0 Å². The lowest BCUT2D eigenvalue weighted by Crippen LogP contribution is -2.38. The summed E-state index contributed by atoms with van der Waals surface area (Å²) in [6.07, 6.45) is 0. The van der Waals surface area contributed by atoms with Gasteiger partial charge in [-0.2, -0.15) is 0 Å². The number of rotatable bonds is 6.